The van der Waals surface area contributed by atoms with E-state index in [0.29, 0.717) is 16.6 Å². The number of carbonyl (C=O) groups is 1. The van der Waals surface area contributed by atoms with Crippen molar-refractivity contribution in [2.24, 2.45) is 0 Å². The number of hydrogen-bond acceptors (Lipinski definition) is 4. The molecular formula is C16H14F2N2OS2. The number of halogens is 2. The van der Waals surface area contributed by atoms with Gasteiger partial charge in [-0.25, -0.2) is 8.78 Å². The Kier molecular flexibility index (Phi) is 6.61. The normalized spacial score (nSPS) is 10.3. The maximum atomic E-state index is 13.1. The second-order valence-electron chi connectivity index (χ2n) is 4.65. The Balaban J connectivity index is 1.72. The molecule has 0 amide bonds. The molecule has 0 saturated heterocycles. The molecule has 0 aliphatic heterocycles. The monoisotopic (exact) mass is 352 g/mol. The van der Waals surface area contributed by atoms with E-state index in [2.05, 4.69) is 10.3 Å². The third-order valence-corrected chi connectivity index (χ3v) is 4.28. The summed E-state index contributed by atoms with van der Waals surface area (Å²) in [5.41, 5.74) is 1.17. The minimum atomic E-state index is -1.02. The average molecular weight is 352 g/mol. The van der Waals surface area contributed by atoms with Gasteiger partial charge in [0.2, 0.25) is 0 Å². The molecule has 0 aliphatic carbocycles. The Bertz CT molecular complexity index is 696. The van der Waals surface area contributed by atoms with Crippen molar-refractivity contribution in [1.82, 2.24) is 10.3 Å². The number of benzene rings is 1. The molecule has 0 spiro atoms. The van der Waals surface area contributed by atoms with Crippen molar-refractivity contribution < 1.29 is 13.6 Å². The standard InChI is InChI=1S/C16H14F2N2OS2/c17-13-4-3-12(8-14(13)18)15(21)5-7-23-16(22)20-10-11-2-1-6-19-9-11/h1-4,6,8-9H,5,7,10H2,(H,20,22). The highest BCUT2D eigenvalue weighted by atomic mass is 32.2. The summed E-state index contributed by atoms with van der Waals surface area (Å²) in [5.74, 6) is -1.75. The lowest BCUT2D eigenvalue weighted by molar-refractivity contribution is 0.0989. The van der Waals surface area contributed by atoms with Crippen molar-refractivity contribution in [3.8, 4) is 0 Å². The zero-order valence-corrected chi connectivity index (χ0v) is 13.7. The van der Waals surface area contributed by atoms with Gasteiger partial charge in [-0.2, -0.15) is 0 Å². The summed E-state index contributed by atoms with van der Waals surface area (Å²) >= 11 is 6.51. The fraction of sp³-hybridized carbons (Fsp3) is 0.188. The van der Waals surface area contributed by atoms with Crippen LogP contribution in [0.1, 0.15) is 22.3 Å². The molecule has 0 radical (unpaired) electrons. The average Bonchev–Trinajstić information content (AvgIpc) is 2.56. The fourth-order valence-corrected chi connectivity index (χ4v) is 2.75. The Labute approximate surface area is 142 Å². The number of nitrogens with zero attached hydrogens (tertiary/aromatic N) is 1. The molecule has 0 aliphatic rings. The smallest absolute Gasteiger partial charge is 0.163 e. The first-order valence-electron chi connectivity index (χ1n) is 6.84. The first kappa shape index (κ1) is 17.5. The topological polar surface area (TPSA) is 42.0 Å². The van der Waals surface area contributed by atoms with Crippen LogP contribution in [0.5, 0.6) is 0 Å². The number of hydrogen-bond donors (Lipinski definition) is 1. The largest absolute Gasteiger partial charge is 0.367 e. The number of thiocarbonyl (C=S) groups is 1. The van der Waals surface area contributed by atoms with E-state index < -0.39 is 11.6 Å². The molecule has 3 nitrogen and oxygen atoms in total. The van der Waals surface area contributed by atoms with Crippen LogP contribution in [0.4, 0.5) is 8.78 Å². The lowest BCUT2D eigenvalue weighted by atomic mass is 10.1. The van der Waals surface area contributed by atoms with Crippen LogP contribution < -0.4 is 5.32 Å². The second-order valence-corrected chi connectivity index (χ2v) is 6.42. The lowest BCUT2D eigenvalue weighted by Crippen LogP contribution is -2.18. The van der Waals surface area contributed by atoms with Gasteiger partial charge in [0, 0.05) is 36.7 Å². The van der Waals surface area contributed by atoms with E-state index in [1.54, 1.807) is 12.4 Å². The first-order chi connectivity index (χ1) is 11.1. The molecule has 0 unspecified atom stereocenters. The summed E-state index contributed by atoms with van der Waals surface area (Å²) in [4.78, 5) is 15.9. The van der Waals surface area contributed by atoms with Crippen molar-refractivity contribution in [2.45, 2.75) is 13.0 Å². The van der Waals surface area contributed by atoms with Crippen LogP contribution in [0.2, 0.25) is 0 Å². The van der Waals surface area contributed by atoms with Crippen LogP contribution in [-0.2, 0) is 6.54 Å². The summed E-state index contributed by atoms with van der Waals surface area (Å²) in [6.07, 6.45) is 3.64. The number of nitrogens with one attached hydrogen (secondary N) is 1. The van der Waals surface area contributed by atoms with Gasteiger partial charge in [-0.1, -0.05) is 30.0 Å². The van der Waals surface area contributed by atoms with Crippen LogP contribution in [0, 0.1) is 11.6 Å². The van der Waals surface area contributed by atoms with Gasteiger partial charge in [0.05, 0.1) is 0 Å². The molecule has 1 aromatic heterocycles. The van der Waals surface area contributed by atoms with Gasteiger partial charge < -0.3 is 5.32 Å². The molecule has 0 atom stereocenters. The van der Waals surface area contributed by atoms with Gasteiger partial charge >= 0.3 is 0 Å². The number of carbonyl (C=O) groups excluding carboxylic acids is 1. The molecule has 2 aromatic rings. The third kappa shape index (κ3) is 5.69. The summed E-state index contributed by atoms with van der Waals surface area (Å²) in [5, 5.41) is 3.06. The molecule has 1 heterocycles. The van der Waals surface area contributed by atoms with Gasteiger partial charge in [-0.05, 0) is 29.8 Å². The molecule has 0 fully saturated rings. The number of Topliss-reactive ketones (excluding diaryl/α,β-unsaturated/α-hetero) is 1. The molecular weight excluding hydrogens is 338 g/mol. The van der Waals surface area contributed by atoms with E-state index in [-0.39, 0.29) is 17.8 Å². The van der Waals surface area contributed by atoms with E-state index in [1.165, 1.54) is 17.8 Å². The van der Waals surface area contributed by atoms with Gasteiger partial charge in [0.25, 0.3) is 0 Å². The van der Waals surface area contributed by atoms with Crippen LogP contribution in [-0.4, -0.2) is 20.8 Å². The van der Waals surface area contributed by atoms with Crippen LogP contribution in [0.15, 0.2) is 42.7 Å². The van der Waals surface area contributed by atoms with Crippen molar-refractivity contribution in [3.63, 3.8) is 0 Å². The van der Waals surface area contributed by atoms with Crippen molar-refractivity contribution in [3.05, 3.63) is 65.5 Å². The molecule has 1 aromatic carbocycles. The van der Waals surface area contributed by atoms with Gasteiger partial charge in [-0.15, -0.1) is 0 Å². The maximum absolute atomic E-state index is 13.1. The number of ketones is 1. The van der Waals surface area contributed by atoms with E-state index in [9.17, 15) is 13.6 Å². The Morgan fingerprint density at radius 3 is 2.78 bits per heavy atom. The zero-order valence-electron chi connectivity index (χ0n) is 12.1. The summed E-state index contributed by atoms with van der Waals surface area (Å²) in [6, 6.07) is 6.93. The second kappa shape index (κ2) is 8.69. The Morgan fingerprint density at radius 1 is 1.26 bits per heavy atom. The van der Waals surface area contributed by atoms with Crippen LogP contribution in [0.25, 0.3) is 0 Å². The minimum absolute atomic E-state index is 0.165. The highest BCUT2D eigenvalue weighted by Gasteiger charge is 2.10. The number of aromatic nitrogens is 1. The molecule has 0 saturated carbocycles. The van der Waals surface area contributed by atoms with E-state index in [0.717, 1.165) is 17.7 Å². The van der Waals surface area contributed by atoms with E-state index in [4.69, 9.17) is 12.2 Å². The Morgan fingerprint density at radius 2 is 2.09 bits per heavy atom. The van der Waals surface area contributed by atoms with Crippen molar-refractivity contribution in [1.29, 1.82) is 0 Å². The van der Waals surface area contributed by atoms with Gasteiger partial charge in [0.15, 0.2) is 17.4 Å². The molecule has 1 N–H and O–H groups in total. The predicted molar refractivity (Wildman–Crippen MR) is 91.4 cm³/mol. The summed E-state index contributed by atoms with van der Waals surface area (Å²) in [6.45, 7) is 0.566. The number of pyridine rings is 1. The van der Waals surface area contributed by atoms with E-state index in [1.807, 2.05) is 12.1 Å². The predicted octanol–water partition coefficient (Wildman–Crippen LogP) is 3.74. The third-order valence-electron chi connectivity index (χ3n) is 2.96. The molecule has 120 valence electrons. The van der Waals surface area contributed by atoms with Crippen LogP contribution in [0.3, 0.4) is 0 Å². The highest BCUT2D eigenvalue weighted by molar-refractivity contribution is 8.22. The van der Waals surface area contributed by atoms with E-state index >= 15 is 0 Å². The number of rotatable bonds is 6. The maximum Gasteiger partial charge on any atom is 0.163 e. The van der Waals surface area contributed by atoms with Gasteiger partial charge in [-0.3, -0.25) is 9.78 Å². The summed E-state index contributed by atoms with van der Waals surface area (Å²) in [7, 11) is 0. The highest BCUT2D eigenvalue weighted by Crippen LogP contribution is 2.13. The van der Waals surface area contributed by atoms with Crippen molar-refractivity contribution >= 4 is 34.1 Å². The molecule has 2 rings (SSSR count). The molecule has 0 bridgehead atoms. The minimum Gasteiger partial charge on any atom is -0.367 e. The quantitative estimate of drug-likeness (QED) is 0.634. The summed E-state index contributed by atoms with van der Waals surface area (Å²) < 4.78 is 26.5. The van der Waals surface area contributed by atoms with Crippen molar-refractivity contribution in [2.75, 3.05) is 5.75 Å². The molecule has 7 heteroatoms. The lowest BCUT2D eigenvalue weighted by Gasteiger charge is -2.07. The first-order valence-corrected chi connectivity index (χ1v) is 8.23. The molecule has 23 heavy (non-hydrogen) atoms. The van der Waals surface area contributed by atoms with Crippen LogP contribution >= 0.6 is 24.0 Å². The SMILES string of the molecule is O=C(CCSC(=S)NCc1cccnc1)c1ccc(F)c(F)c1. The zero-order chi connectivity index (χ0) is 16.7. The van der Waals surface area contributed by atoms with Gasteiger partial charge in [0.1, 0.15) is 4.32 Å². The Hall–Kier alpha value is -1.86. The number of thioether (sulfide) groups is 1. The fourth-order valence-electron chi connectivity index (χ4n) is 1.78.